The Balaban J connectivity index is 2.31. The monoisotopic (exact) mass is 312 g/mol. The number of anilines is 1. The van der Waals surface area contributed by atoms with Crippen LogP contribution >= 0.6 is 0 Å². The molecule has 116 valence electrons. The van der Waals surface area contributed by atoms with Crippen LogP contribution in [-0.2, 0) is 10.2 Å². The summed E-state index contributed by atoms with van der Waals surface area (Å²) in [6.07, 6.45) is 1.65. The van der Waals surface area contributed by atoms with Gasteiger partial charge in [0.1, 0.15) is 0 Å². The second kappa shape index (κ2) is 6.03. The molecular formula is C14H20N2O4S. The zero-order valence-electron chi connectivity index (χ0n) is 12.2. The number of aromatic carboxylic acids is 1. The molecule has 0 saturated carbocycles. The van der Waals surface area contributed by atoms with Gasteiger partial charge in [0.15, 0.2) is 0 Å². The van der Waals surface area contributed by atoms with Gasteiger partial charge in [-0.1, -0.05) is 19.1 Å². The van der Waals surface area contributed by atoms with Crippen molar-refractivity contribution in [1.29, 1.82) is 0 Å². The van der Waals surface area contributed by atoms with E-state index in [0.717, 1.165) is 17.1 Å². The second-order valence-corrected chi connectivity index (χ2v) is 7.34. The Morgan fingerprint density at radius 2 is 1.86 bits per heavy atom. The first kappa shape index (κ1) is 15.8. The van der Waals surface area contributed by atoms with Gasteiger partial charge in [-0.05, 0) is 30.9 Å². The van der Waals surface area contributed by atoms with Crippen LogP contribution in [0.3, 0.4) is 0 Å². The van der Waals surface area contributed by atoms with Crippen LogP contribution < -0.4 is 4.31 Å². The highest BCUT2D eigenvalue weighted by Crippen LogP contribution is 2.26. The van der Waals surface area contributed by atoms with Gasteiger partial charge in [-0.3, -0.25) is 4.31 Å². The van der Waals surface area contributed by atoms with Crippen molar-refractivity contribution in [3.05, 3.63) is 29.8 Å². The lowest BCUT2D eigenvalue weighted by Gasteiger charge is -2.33. The number of carboxylic acid groups (broad SMARTS) is 1. The van der Waals surface area contributed by atoms with E-state index < -0.39 is 16.2 Å². The summed E-state index contributed by atoms with van der Waals surface area (Å²) in [6, 6.07) is 6.12. The van der Waals surface area contributed by atoms with Gasteiger partial charge in [0.25, 0.3) is 0 Å². The summed E-state index contributed by atoms with van der Waals surface area (Å²) in [5.74, 6) is -0.618. The van der Waals surface area contributed by atoms with Gasteiger partial charge in [0.05, 0.1) is 11.3 Å². The molecule has 2 rings (SSSR count). The van der Waals surface area contributed by atoms with Gasteiger partial charge in [-0.2, -0.15) is 12.7 Å². The number of benzene rings is 1. The first-order chi connectivity index (χ1) is 9.84. The smallest absolute Gasteiger partial charge is 0.337 e. The van der Waals surface area contributed by atoms with Crippen LogP contribution in [0.2, 0.25) is 0 Å². The van der Waals surface area contributed by atoms with E-state index in [1.165, 1.54) is 23.5 Å². The van der Waals surface area contributed by atoms with E-state index in [2.05, 4.69) is 6.92 Å². The quantitative estimate of drug-likeness (QED) is 0.919. The summed E-state index contributed by atoms with van der Waals surface area (Å²) in [5.41, 5.74) is 0.164. The molecule has 0 radical (unpaired) electrons. The fourth-order valence-corrected chi connectivity index (χ4v) is 3.87. The van der Waals surface area contributed by atoms with Gasteiger partial charge in [0, 0.05) is 20.1 Å². The van der Waals surface area contributed by atoms with E-state index in [9.17, 15) is 18.3 Å². The van der Waals surface area contributed by atoms with Crippen molar-refractivity contribution in [3.8, 4) is 0 Å². The minimum atomic E-state index is -3.69. The number of hydrogen-bond donors (Lipinski definition) is 1. The van der Waals surface area contributed by atoms with Crippen LogP contribution in [-0.4, -0.2) is 43.9 Å². The molecule has 1 aliphatic rings. The van der Waals surface area contributed by atoms with Gasteiger partial charge >= 0.3 is 16.2 Å². The molecule has 0 spiro atoms. The lowest BCUT2D eigenvalue weighted by atomic mass is 10.0. The Kier molecular flexibility index (Phi) is 4.53. The third kappa shape index (κ3) is 3.19. The fourth-order valence-electron chi connectivity index (χ4n) is 2.44. The highest BCUT2D eigenvalue weighted by atomic mass is 32.2. The second-order valence-electron chi connectivity index (χ2n) is 5.38. The highest BCUT2D eigenvalue weighted by Gasteiger charge is 2.31. The molecule has 1 aliphatic heterocycles. The van der Waals surface area contributed by atoms with Crippen LogP contribution in [0.25, 0.3) is 0 Å². The first-order valence-corrected chi connectivity index (χ1v) is 8.30. The van der Waals surface area contributed by atoms with Crippen molar-refractivity contribution in [2.24, 2.45) is 5.92 Å². The van der Waals surface area contributed by atoms with Gasteiger partial charge in [-0.15, -0.1) is 0 Å². The summed E-state index contributed by atoms with van der Waals surface area (Å²) < 4.78 is 27.7. The topological polar surface area (TPSA) is 77.9 Å². The van der Waals surface area contributed by atoms with E-state index in [0.29, 0.717) is 19.0 Å². The van der Waals surface area contributed by atoms with Crippen molar-refractivity contribution in [2.45, 2.75) is 19.8 Å². The van der Waals surface area contributed by atoms with Crippen molar-refractivity contribution >= 4 is 21.9 Å². The van der Waals surface area contributed by atoms with E-state index in [1.807, 2.05) is 0 Å². The maximum absolute atomic E-state index is 12.6. The normalized spacial score (nSPS) is 17.6. The molecule has 1 saturated heterocycles. The molecule has 0 atom stereocenters. The molecule has 1 aromatic carbocycles. The third-order valence-corrected chi connectivity index (χ3v) is 5.80. The predicted molar refractivity (Wildman–Crippen MR) is 80.7 cm³/mol. The molecule has 0 bridgehead atoms. The summed E-state index contributed by atoms with van der Waals surface area (Å²) in [7, 11) is -2.29. The lowest BCUT2D eigenvalue weighted by Crippen LogP contribution is -2.46. The highest BCUT2D eigenvalue weighted by molar-refractivity contribution is 7.90. The zero-order chi connectivity index (χ0) is 15.6. The molecule has 1 N–H and O–H groups in total. The van der Waals surface area contributed by atoms with E-state index in [1.54, 1.807) is 12.1 Å². The summed E-state index contributed by atoms with van der Waals surface area (Å²) in [4.78, 5) is 11.2. The first-order valence-electron chi connectivity index (χ1n) is 6.90. The molecule has 21 heavy (non-hydrogen) atoms. The van der Waals surface area contributed by atoms with Crippen LogP contribution in [0.5, 0.6) is 0 Å². The fraction of sp³-hybridized carbons (Fsp3) is 0.500. The number of hydrogen-bond acceptors (Lipinski definition) is 3. The number of nitrogens with zero attached hydrogens (tertiary/aromatic N) is 2. The number of carbonyl (C=O) groups is 1. The lowest BCUT2D eigenvalue weighted by molar-refractivity contribution is 0.0698. The number of piperidine rings is 1. The van der Waals surface area contributed by atoms with Crippen LogP contribution in [0, 0.1) is 5.92 Å². The largest absolute Gasteiger partial charge is 0.478 e. The number of rotatable bonds is 4. The Morgan fingerprint density at radius 1 is 1.29 bits per heavy atom. The molecule has 0 aliphatic carbocycles. The summed E-state index contributed by atoms with van der Waals surface area (Å²) >= 11 is 0. The molecule has 7 heteroatoms. The van der Waals surface area contributed by atoms with E-state index in [4.69, 9.17) is 0 Å². The molecule has 0 amide bonds. The van der Waals surface area contributed by atoms with Crippen LogP contribution in [0.15, 0.2) is 24.3 Å². The standard InChI is InChI=1S/C14H20N2O4S/c1-11-7-9-16(10-8-11)21(19,20)15(2)13-6-4-3-5-12(13)14(17)18/h3-6,11H,7-10H2,1-2H3,(H,17,18). The van der Waals surface area contributed by atoms with Crippen molar-refractivity contribution in [1.82, 2.24) is 4.31 Å². The summed E-state index contributed by atoms with van der Waals surface area (Å²) in [5, 5.41) is 9.19. The molecule has 1 fully saturated rings. The maximum Gasteiger partial charge on any atom is 0.337 e. The molecular weight excluding hydrogens is 292 g/mol. The summed E-state index contributed by atoms with van der Waals surface area (Å²) in [6.45, 7) is 3.06. The molecule has 1 aromatic rings. The van der Waals surface area contributed by atoms with Crippen molar-refractivity contribution in [3.63, 3.8) is 0 Å². The molecule has 0 unspecified atom stereocenters. The third-order valence-electron chi connectivity index (χ3n) is 3.89. The van der Waals surface area contributed by atoms with Gasteiger partial charge < -0.3 is 5.11 Å². The average Bonchev–Trinajstić information content (AvgIpc) is 2.46. The Hall–Kier alpha value is -1.60. The Bertz CT molecular complexity index is 622. The number of para-hydroxylation sites is 1. The van der Waals surface area contributed by atoms with Crippen LogP contribution in [0.1, 0.15) is 30.1 Å². The van der Waals surface area contributed by atoms with Crippen LogP contribution in [0.4, 0.5) is 5.69 Å². The predicted octanol–water partition coefficient (Wildman–Crippen LogP) is 1.80. The molecule has 0 aromatic heterocycles. The average molecular weight is 312 g/mol. The van der Waals surface area contributed by atoms with Crippen molar-refractivity contribution in [2.75, 3.05) is 24.4 Å². The molecule has 6 nitrogen and oxygen atoms in total. The van der Waals surface area contributed by atoms with Gasteiger partial charge in [-0.25, -0.2) is 4.79 Å². The maximum atomic E-state index is 12.6. The van der Waals surface area contributed by atoms with Gasteiger partial charge in [0.2, 0.25) is 0 Å². The van der Waals surface area contributed by atoms with Crippen molar-refractivity contribution < 1.29 is 18.3 Å². The Morgan fingerprint density at radius 3 is 2.43 bits per heavy atom. The SMILES string of the molecule is CC1CCN(S(=O)(=O)N(C)c2ccccc2C(=O)O)CC1. The van der Waals surface area contributed by atoms with E-state index >= 15 is 0 Å². The minimum absolute atomic E-state index is 0.0195. The van der Waals surface area contributed by atoms with E-state index in [-0.39, 0.29) is 11.3 Å². The Labute approximate surface area is 125 Å². The zero-order valence-corrected chi connectivity index (χ0v) is 13.0. The number of carboxylic acids is 1. The minimum Gasteiger partial charge on any atom is -0.478 e. The molecule has 1 heterocycles.